The predicted octanol–water partition coefficient (Wildman–Crippen LogP) is 5.71. The van der Waals surface area contributed by atoms with Crippen LogP contribution < -0.4 is 15.0 Å². The van der Waals surface area contributed by atoms with Crippen molar-refractivity contribution in [3.8, 4) is 5.75 Å². The molecule has 6 rings (SSSR count). The van der Waals surface area contributed by atoms with Crippen molar-refractivity contribution < 1.29 is 19.1 Å². The molecule has 4 aliphatic rings. The van der Waals surface area contributed by atoms with Crippen LogP contribution >= 0.6 is 11.6 Å². The van der Waals surface area contributed by atoms with E-state index in [4.69, 9.17) is 27.6 Å². The van der Waals surface area contributed by atoms with Crippen LogP contribution in [0.1, 0.15) is 76.2 Å². The number of carbonyl (C=O) groups is 2. The van der Waals surface area contributed by atoms with E-state index in [9.17, 15) is 9.59 Å². The Morgan fingerprint density at radius 2 is 1.76 bits per heavy atom. The number of nitrogens with zero attached hydrogens (tertiary/aromatic N) is 6. The Kier molecular flexibility index (Phi) is 9.31. The Balaban J connectivity index is 0.912. The number of carbonyl (C=O) groups excluding carboxylic acids is 2. The maximum Gasteiger partial charge on any atom is 0.410 e. The molecule has 4 fully saturated rings. The van der Waals surface area contributed by atoms with E-state index in [0.717, 1.165) is 83.6 Å². The lowest BCUT2D eigenvalue weighted by atomic mass is 9.79. The second kappa shape index (κ2) is 13.2. The van der Waals surface area contributed by atoms with Crippen molar-refractivity contribution in [1.82, 2.24) is 25.1 Å². The quantitative estimate of drug-likeness (QED) is 0.397. The molecule has 11 nitrogen and oxygen atoms in total. The van der Waals surface area contributed by atoms with Gasteiger partial charge in [0.1, 0.15) is 22.9 Å². The highest BCUT2D eigenvalue weighted by Crippen LogP contribution is 2.42. The minimum atomic E-state index is -0.467. The summed E-state index contributed by atoms with van der Waals surface area (Å²) in [6.07, 6.45) is 9.53. The molecule has 3 saturated heterocycles. The van der Waals surface area contributed by atoms with Crippen LogP contribution in [0.2, 0.25) is 5.02 Å². The molecule has 246 valence electrons. The number of anilines is 1. The Bertz CT molecular complexity index is 1450. The summed E-state index contributed by atoms with van der Waals surface area (Å²) < 4.78 is 11.6. The molecule has 4 heterocycles. The van der Waals surface area contributed by atoms with E-state index in [1.807, 2.05) is 25.7 Å². The van der Waals surface area contributed by atoms with Gasteiger partial charge >= 0.3 is 6.09 Å². The van der Waals surface area contributed by atoms with Gasteiger partial charge in [-0.3, -0.25) is 9.69 Å². The Morgan fingerprint density at radius 3 is 2.39 bits per heavy atom. The minimum Gasteiger partial charge on any atom is -0.490 e. The first-order valence-electron chi connectivity index (χ1n) is 16.4. The van der Waals surface area contributed by atoms with Crippen LogP contribution in [0.4, 0.5) is 16.3 Å². The summed E-state index contributed by atoms with van der Waals surface area (Å²) in [7, 11) is 0. The highest BCUT2D eigenvalue weighted by Gasteiger charge is 2.49. The van der Waals surface area contributed by atoms with E-state index >= 15 is 0 Å². The fraction of sp³-hybridized carbons (Fsp3) is 0.618. The molecule has 1 aromatic carbocycles. The smallest absolute Gasteiger partial charge is 0.410 e. The molecule has 0 atom stereocenters. The van der Waals surface area contributed by atoms with E-state index in [1.54, 1.807) is 30.6 Å². The number of halogens is 1. The van der Waals surface area contributed by atoms with Crippen LogP contribution in [-0.4, -0.2) is 94.8 Å². The van der Waals surface area contributed by atoms with Gasteiger partial charge in [0.05, 0.1) is 30.1 Å². The molecule has 46 heavy (non-hydrogen) atoms. The zero-order valence-corrected chi connectivity index (χ0v) is 27.8. The molecule has 2 amide bonds. The molecule has 12 heteroatoms. The van der Waals surface area contributed by atoms with Crippen molar-refractivity contribution in [3.05, 3.63) is 52.7 Å². The Hall–Kier alpha value is -3.62. The zero-order valence-electron chi connectivity index (χ0n) is 27.0. The van der Waals surface area contributed by atoms with Gasteiger partial charge in [0, 0.05) is 50.2 Å². The van der Waals surface area contributed by atoms with Crippen LogP contribution in [-0.2, 0) is 4.74 Å². The van der Waals surface area contributed by atoms with Gasteiger partial charge < -0.3 is 24.6 Å². The first kappa shape index (κ1) is 32.3. The standard InChI is InChI=1S/C34H44ClN7O4/c1-33(2,3)46-32(44)40-14-11-24(12-15-40)41-16-13-34(20-41)21-42(22-34)30-19-37-29(18-38-30)31(43)39-23-5-7-25(8-6-23)45-26-9-10-28(36-4)27(35)17-26/h9-10,17-19,23-25H,5-8,11-16,20-22H2,1-3H3,(H,39,43). The SMILES string of the molecule is [C-]#[N+]c1ccc(OC2CCC(NC(=O)c3cnc(N4CC5(CCN(C6CCN(C(=O)OC(C)(C)C)CC6)C5)C4)cn3)CC2)cc1Cl. The summed E-state index contributed by atoms with van der Waals surface area (Å²) in [6.45, 7) is 18.4. The third-order valence-corrected chi connectivity index (χ3v) is 10.0. The fourth-order valence-electron chi connectivity index (χ4n) is 7.24. The average Bonchev–Trinajstić information content (AvgIpc) is 3.47. The van der Waals surface area contributed by atoms with Crippen LogP contribution in [0.3, 0.4) is 0 Å². The number of rotatable bonds is 6. The van der Waals surface area contributed by atoms with E-state index in [1.165, 1.54) is 6.42 Å². The van der Waals surface area contributed by atoms with Gasteiger partial charge in [-0.2, -0.15) is 0 Å². The number of benzene rings is 1. The Morgan fingerprint density at radius 1 is 1.02 bits per heavy atom. The van der Waals surface area contributed by atoms with E-state index in [-0.39, 0.29) is 29.6 Å². The number of ether oxygens (including phenoxy) is 2. The van der Waals surface area contributed by atoms with Crippen molar-refractivity contribution in [1.29, 1.82) is 0 Å². The minimum absolute atomic E-state index is 0.0473. The molecule has 2 aromatic rings. The van der Waals surface area contributed by atoms with Gasteiger partial charge in [0.15, 0.2) is 0 Å². The molecular formula is C34H44ClN7O4. The average molecular weight is 650 g/mol. The van der Waals surface area contributed by atoms with E-state index in [2.05, 4.69) is 29.9 Å². The van der Waals surface area contributed by atoms with Crippen molar-refractivity contribution in [2.24, 2.45) is 5.41 Å². The van der Waals surface area contributed by atoms with Crippen molar-refractivity contribution in [2.45, 2.75) is 89.5 Å². The first-order valence-corrected chi connectivity index (χ1v) is 16.8. The van der Waals surface area contributed by atoms with Gasteiger partial charge in [-0.1, -0.05) is 17.7 Å². The topological polar surface area (TPSA) is 104 Å². The number of hydrogen-bond acceptors (Lipinski definition) is 8. The molecule has 0 bridgehead atoms. The summed E-state index contributed by atoms with van der Waals surface area (Å²) in [4.78, 5) is 44.5. The largest absolute Gasteiger partial charge is 0.490 e. The number of amides is 2. The van der Waals surface area contributed by atoms with Crippen molar-refractivity contribution in [3.63, 3.8) is 0 Å². The first-order chi connectivity index (χ1) is 22.0. The number of nitrogens with one attached hydrogen (secondary N) is 1. The molecule has 1 aromatic heterocycles. The van der Waals surface area contributed by atoms with Crippen molar-refractivity contribution >= 4 is 35.1 Å². The molecule has 1 spiro atoms. The van der Waals surface area contributed by atoms with Gasteiger partial charge in [-0.05, 0) is 84.4 Å². The highest BCUT2D eigenvalue weighted by molar-refractivity contribution is 6.33. The highest BCUT2D eigenvalue weighted by atomic mass is 35.5. The summed E-state index contributed by atoms with van der Waals surface area (Å²) in [5.74, 6) is 1.28. The lowest BCUT2D eigenvalue weighted by Gasteiger charge is -2.49. The molecule has 1 aliphatic carbocycles. The normalized spacial score (nSPS) is 23.5. The van der Waals surface area contributed by atoms with Crippen molar-refractivity contribution in [2.75, 3.05) is 44.2 Å². The van der Waals surface area contributed by atoms with E-state index in [0.29, 0.717) is 28.2 Å². The number of aromatic nitrogens is 2. The van der Waals surface area contributed by atoms with E-state index < -0.39 is 5.60 Å². The number of hydrogen-bond donors (Lipinski definition) is 1. The summed E-state index contributed by atoms with van der Waals surface area (Å²) >= 11 is 6.14. The second-order valence-electron chi connectivity index (χ2n) is 14.3. The molecule has 3 aliphatic heterocycles. The lowest BCUT2D eigenvalue weighted by molar-refractivity contribution is 0.0147. The maximum atomic E-state index is 12.9. The summed E-state index contributed by atoms with van der Waals surface area (Å²) in [6, 6.07) is 5.71. The molecule has 0 radical (unpaired) electrons. The van der Waals surface area contributed by atoms with Gasteiger partial charge in [0.25, 0.3) is 5.91 Å². The maximum absolute atomic E-state index is 12.9. The predicted molar refractivity (Wildman–Crippen MR) is 176 cm³/mol. The second-order valence-corrected chi connectivity index (χ2v) is 14.7. The monoisotopic (exact) mass is 649 g/mol. The fourth-order valence-corrected chi connectivity index (χ4v) is 7.45. The van der Waals surface area contributed by atoms with Crippen LogP contribution in [0.25, 0.3) is 4.85 Å². The van der Waals surface area contributed by atoms with Crippen LogP contribution in [0.15, 0.2) is 30.6 Å². The van der Waals surface area contributed by atoms with Crippen LogP contribution in [0, 0.1) is 12.0 Å². The number of piperidine rings is 1. The van der Waals surface area contributed by atoms with Gasteiger partial charge in [0.2, 0.25) is 5.69 Å². The zero-order chi connectivity index (χ0) is 32.5. The molecule has 1 saturated carbocycles. The lowest BCUT2D eigenvalue weighted by Crippen LogP contribution is -2.58. The third-order valence-electron chi connectivity index (χ3n) is 9.70. The third kappa shape index (κ3) is 7.50. The number of likely N-dealkylation sites (tertiary alicyclic amines) is 2. The Labute approximate surface area is 276 Å². The molecular weight excluding hydrogens is 606 g/mol. The summed E-state index contributed by atoms with van der Waals surface area (Å²) in [5.41, 5.74) is 0.551. The summed E-state index contributed by atoms with van der Waals surface area (Å²) in [5, 5.41) is 3.51. The molecule has 0 unspecified atom stereocenters. The van der Waals surface area contributed by atoms with Gasteiger partial charge in [-0.15, -0.1) is 0 Å². The molecule has 1 N–H and O–H groups in total. The van der Waals surface area contributed by atoms with Crippen LogP contribution in [0.5, 0.6) is 5.75 Å². The van der Waals surface area contributed by atoms with Gasteiger partial charge in [-0.25, -0.2) is 19.6 Å².